The third-order valence-corrected chi connectivity index (χ3v) is 10.9. The monoisotopic (exact) mass is 751 g/mol. The van der Waals surface area contributed by atoms with Crippen molar-refractivity contribution >= 4 is 17.9 Å². The van der Waals surface area contributed by atoms with Gasteiger partial charge < -0.3 is 14.2 Å². The van der Waals surface area contributed by atoms with E-state index in [0.717, 1.165) is 63.7 Å². The molecule has 0 saturated heterocycles. The number of rotatable bonds is 42. The molecule has 1 unspecified atom stereocenters. The SMILES string of the molecule is CCCCCCCCCCCCCCCCC(=O)O[C@H](COC(=O)CCCCCCCCC)COC(=O)CCCCCCCCCCCCC(C)CC. The maximum Gasteiger partial charge on any atom is 0.306 e. The van der Waals surface area contributed by atoms with Crippen molar-refractivity contribution in [3.8, 4) is 0 Å². The highest BCUT2D eigenvalue weighted by molar-refractivity contribution is 5.71. The lowest BCUT2D eigenvalue weighted by molar-refractivity contribution is -0.167. The first-order valence-electron chi connectivity index (χ1n) is 23.4. The summed E-state index contributed by atoms with van der Waals surface area (Å²) in [5, 5.41) is 0. The fourth-order valence-corrected chi connectivity index (χ4v) is 6.95. The maximum absolute atomic E-state index is 12.7. The Labute approximate surface area is 329 Å². The fraction of sp³-hybridized carbons (Fsp3) is 0.936. The van der Waals surface area contributed by atoms with Crippen LogP contribution in [0.4, 0.5) is 0 Å². The molecule has 0 heterocycles. The quantitative estimate of drug-likeness (QED) is 0.0351. The van der Waals surface area contributed by atoms with E-state index < -0.39 is 6.10 Å². The molecule has 0 radical (unpaired) electrons. The number of hydrogen-bond donors (Lipinski definition) is 0. The van der Waals surface area contributed by atoms with Crippen molar-refractivity contribution in [2.75, 3.05) is 13.2 Å². The molecule has 6 nitrogen and oxygen atoms in total. The molecule has 6 heteroatoms. The molecule has 0 aromatic rings. The lowest BCUT2D eigenvalue weighted by atomic mass is 9.99. The summed E-state index contributed by atoms with van der Waals surface area (Å²) >= 11 is 0. The van der Waals surface area contributed by atoms with Gasteiger partial charge in [0, 0.05) is 19.3 Å². The average molecular weight is 751 g/mol. The molecule has 0 aliphatic rings. The molecule has 2 atom stereocenters. The van der Waals surface area contributed by atoms with Gasteiger partial charge in [0.25, 0.3) is 0 Å². The van der Waals surface area contributed by atoms with Crippen molar-refractivity contribution in [1.29, 1.82) is 0 Å². The van der Waals surface area contributed by atoms with Crippen LogP contribution >= 0.6 is 0 Å². The van der Waals surface area contributed by atoms with E-state index in [2.05, 4.69) is 27.7 Å². The zero-order valence-electron chi connectivity index (χ0n) is 36.0. The Hall–Kier alpha value is -1.59. The van der Waals surface area contributed by atoms with E-state index in [1.165, 1.54) is 154 Å². The molecule has 0 aromatic heterocycles. The van der Waals surface area contributed by atoms with Gasteiger partial charge in [-0.2, -0.15) is 0 Å². The molecule has 0 aliphatic heterocycles. The summed E-state index contributed by atoms with van der Waals surface area (Å²) in [5.74, 6) is 0.0115. The van der Waals surface area contributed by atoms with Gasteiger partial charge in [-0.15, -0.1) is 0 Å². The van der Waals surface area contributed by atoms with Gasteiger partial charge in [0.05, 0.1) is 0 Å². The van der Waals surface area contributed by atoms with Gasteiger partial charge in [-0.3, -0.25) is 14.4 Å². The second kappa shape index (κ2) is 41.6. The van der Waals surface area contributed by atoms with Crippen LogP contribution in [-0.2, 0) is 28.6 Å². The Kier molecular flexibility index (Phi) is 40.3. The third kappa shape index (κ3) is 39.9. The van der Waals surface area contributed by atoms with E-state index >= 15 is 0 Å². The van der Waals surface area contributed by atoms with Crippen LogP contribution in [-0.4, -0.2) is 37.2 Å². The standard InChI is InChI=1S/C47H90O6/c1-5-8-10-12-14-15-16-17-18-19-24-28-32-36-40-47(50)53-44(41-51-45(48)38-34-30-25-13-11-9-6-2)42-52-46(49)39-35-31-27-23-21-20-22-26-29-33-37-43(4)7-3/h43-44H,5-42H2,1-4H3/t43?,44-/m1/s1. The Bertz CT molecular complexity index is 798. The molecule has 0 rings (SSSR count). The van der Waals surface area contributed by atoms with E-state index in [0.29, 0.717) is 19.3 Å². The van der Waals surface area contributed by atoms with Crippen LogP contribution in [0.15, 0.2) is 0 Å². The van der Waals surface area contributed by atoms with Crippen molar-refractivity contribution in [2.24, 2.45) is 5.92 Å². The minimum atomic E-state index is -0.758. The summed E-state index contributed by atoms with van der Waals surface area (Å²) < 4.78 is 16.7. The van der Waals surface area contributed by atoms with Gasteiger partial charge in [-0.1, -0.05) is 220 Å². The van der Waals surface area contributed by atoms with E-state index in [-0.39, 0.29) is 31.1 Å². The lowest BCUT2D eigenvalue weighted by Gasteiger charge is -2.18. The summed E-state index contributed by atoms with van der Waals surface area (Å²) in [4.78, 5) is 37.6. The van der Waals surface area contributed by atoms with Crippen LogP contribution in [0.25, 0.3) is 0 Å². The summed E-state index contributed by atoms with van der Waals surface area (Å²) in [6.45, 7) is 8.99. The Morgan fingerprint density at radius 1 is 0.377 bits per heavy atom. The number of unbranched alkanes of at least 4 members (excludes halogenated alkanes) is 28. The first kappa shape index (κ1) is 51.4. The molecule has 0 N–H and O–H groups in total. The molecule has 0 saturated carbocycles. The van der Waals surface area contributed by atoms with Gasteiger partial charge in [0.2, 0.25) is 0 Å². The molecule has 0 spiro atoms. The van der Waals surface area contributed by atoms with Crippen LogP contribution in [0, 0.1) is 5.92 Å². The molecular weight excluding hydrogens is 661 g/mol. The highest BCUT2D eigenvalue weighted by atomic mass is 16.6. The number of carbonyl (C=O) groups excluding carboxylic acids is 3. The van der Waals surface area contributed by atoms with Gasteiger partial charge in [0.15, 0.2) is 6.10 Å². The Morgan fingerprint density at radius 2 is 0.660 bits per heavy atom. The highest BCUT2D eigenvalue weighted by Gasteiger charge is 2.19. The lowest BCUT2D eigenvalue weighted by Crippen LogP contribution is -2.30. The molecule has 0 amide bonds. The minimum Gasteiger partial charge on any atom is -0.462 e. The van der Waals surface area contributed by atoms with E-state index in [9.17, 15) is 14.4 Å². The number of carbonyl (C=O) groups is 3. The van der Waals surface area contributed by atoms with Gasteiger partial charge in [-0.25, -0.2) is 0 Å². The zero-order valence-corrected chi connectivity index (χ0v) is 36.0. The van der Waals surface area contributed by atoms with Crippen molar-refractivity contribution in [3.05, 3.63) is 0 Å². The fourth-order valence-electron chi connectivity index (χ4n) is 6.95. The van der Waals surface area contributed by atoms with E-state index in [1.54, 1.807) is 0 Å². The molecule has 0 fully saturated rings. The predicted molar refractivity (Wildman–Crippen MR) is 224 cm³/mol. The number of ether oxygens (including phenoxy) is 3. The van der Waals surface area contributed by atoms with E-state index in [1.807, 2.05) is 0 Å². The topological polar surface area (TPSA) is 78.9 Å². The number of hydrogen-bond acceptors (Lipinski definition) is 6. The van der Waals surface area contributed by atoms with Crippen LogP contribution < -0.4 is 0 Å². The normalized spacial score (nSPS) is 12.5. The van der Waals surface area contributed by atoms with E-state index in [4.69, 9.17) is 14.2 Å². The second-order valence-electron chi connectivity index (χ2n) is 16.3. The van der Waals surface area contributed by atoms with Gasteiger partial charge in [-0.05, 0) is 25.2 Å². The second-order valence-corrected chi connectivity index (χ2v) is 16.3. The zero-order chi connectivity index (χ0) is 38.9. The smallest absolute Gasteiger partial charge is 0.306 e. The first-order chi connectivity index (χ1) is 25.9. The maximum atomic E-state index is 12.7. The molecule has 53 heavy (non-hydrogen) atoms. The molecule has 0 bridgehead atoms. The van der Waals surface area contributed by atoms with Crippen LogP contribution in [0.1, 0.15) is 259 Å². The van der Waals surface area contributed by atoms with Gasteiger partial charge in [0.1, 0.15) is 13.2 Å². The van der Waals surface area contributed by atoms with Crippen LogP contribution in [0.2, 0.25) is 0 Å². The molecule has 314 valence electrons. The third-order valence-electron chi connectivity index (χ3n) is 10.9. The minimum absolute atomic E-state index is 0.0641. The largest absolute Gasteiger partial charge is 0.462 e. The molecule has 0 aliphatic carbocycles. The van der Waals surface area contributed by atoms with Crippen molar-refractivity contribution < 1.29 is 28.6 Å². The Balaban J connectivity index is 4.26. The van der Waals surface area contributed by atoms with Crippen LogP contribution in [0.5, 0.6) is 0 Å². The van der Waals surface area contributed by atoms with Crippen molar-refractivity contribution in [1.82, 2.24) is 0 Å². The summed E-state index contributed by atoms with van der Waals surface area (Å²) in [7, 11) is 0. The average Bonchev–Trinajstić information content (AvgIpc) is 3.15. The summed E-state index contributed by atoms with van der Waals surface area (Å²) in [5.41, 5.74) is 0. The number of esters is 3. The highest BCUT2D eigenvalue weighted by Crippen LogP contribution is 2.17. The van der Waals surface area contributed by atoms with Gasteiger partial charge >= 0.3 is 17.9 Å². The predicted octanol–water partition coefficient (Wildman–Crippen LogP) is 14.7. The van der Waals surface area contributed by atoms with Crippen LogP contribution in [0.3, 0.4) is 0 Å². The summed E-state index contributed by atoms with van der Waals surface area (Å²) in [6.07, 6.45) is 40.9. The first-order valence-corrected chi connectivity index (χ1v) is 23.4. The van der Waals surface area contributed by atoms with Crippen molar-refractivity contribution in [3.63, 3.8) is 0 Å². The summed E-state index contributed by atoms with van der Waals surface area (Å²) in [6, 6.07) is 0. The molecular formula is C47H90O6. The Morgan fingerprint density at radius 3 is 0.981 bits per heavy atom. The van der Waals surface area contributed by atoms with Crippen molar-refractivity contribution in [2.45, 2.75) is 265 Å². The molecule has 0 aromatic carbocycles.